The summed E-state index contributed by atoms with van der Waals surface area (Å²) < 4.78 is 26.3. The first-order valence-corrected chi connectivity index (χ1v) is 7.39. The van der Waals surface area contributed by atoms with Gasteiger partial charge < -0.3 is 10.6 Å². The minimum Gasteiger partial charge on any atom is -0.345 e. The number of carbonyl (C=O) groups is 1. The van der Waals surface area contributed by atoms with E-state index < -0.39 is 5.54 Å². The number of halogens is 2. The zero-order chi connectivity index (χ0) is 16.9. The fourth-order valence-electron chi connectivity index (χ4n) is 2.56. The Morgan fingerprint density at radius 1 is 1.00 bits per heavy atom. The molecule has 0 radical (unpaired) electrons. The van der Waals surface area contributed by atoms with Gasteiger partial charge in [-0.15, -0.1) is 0 Å². The Morgan fingerprint density at radius 2 is 1.52 bits per heavy atom. The molecule has 2 aromatic rings. The van der Waals surface area contributed by atoms with Gasteiger partial charge in [-0.25, -0.2) is 8.78 Å². The van der Waals surface area contributed by atoms with Gasteiger partial charge in [0.05, 0.1) is 12.1 Å². The summed E-state index contributed by atoms with van der Waals surface area (Å²) in [6.07, 6.45) is 0.467. The third-order valence-electron chi connectivity index (χ3n) is 3.70. The van der Waals surface area contributed by atoms with Gasteiger partial charge in [-0.3, -0.25) is 4.79 Å². The minimum atomic E-state index is -0.723. The van der Waals surface area contributed by atoms with Gasteiger partial charge in [0.1, 0.15) is 11.6 Å². The van der Waals surface area contributed by atoms with Crippen molar-refractivity contribution in [2.45, 2.75) is 18.9 Å². The zero-order valence-corrected chi connectivity index (χ0v) is 13.2. The lowest BCUT2D eigenvalue weighted by atomic mass is 9.85. The van der Waals surface area contributed by atoms with Crippen LogP contribution in [0.1, 0.15) is 18.1 Å². The van der Waals surface area contributed by atoms with E-state index in [4.69, 9.17) is 0 Å². The molecule has 5 heteroatoms. The van der Waals surface area contributed by atoms with Crippen molar-refractivity contribution in [3.8, 4) is 0 Å². The molecule has 1 amide bonds. The summed E-state index contributed by atoms with van der Waals surface area (Å²) in [7, 11) is 1.69. The fourth-order valence-corrected chi connectivity index (χ4v) is 2.56. The molecule has 0 aromatic heterocycles. The van der Waals surface area contributed by atoms with Crippen LogP contribution in [0.2, 0.25) is 0 Å². The number of hydrogen-bond acceptors (Lipinski definition) is 2. The molecule has 0 aliphatic heterocycles. The molecule has 122 valence electrons. The summed E-state index contributed by atoms with van der Waals surface area (Å²) >= 11 is 0. The predicted molar refractivity (Wildman–Crippen MR) is 85.9 cm³/mol. The van der Waals surface area contributed by atoms with E-state index in [2.05, 4.69) is 10.6 Å². The second-order valence-electron chi connectivity index (χ2n) is 5.72. The molecule has 0 saturated carbocycles. The van der Waals surface area contributed by atoms with E-state index in [1.54, 1.807) is 31.3 Å². The van der Waals surface area contributed by atoms with Crippen LogP contribution in [0.5, 0.6) is 0 Å². The smallest absolute Gasteiger partial charge is 0.234 e. The van der Waals surface area contributed by atoms with Crippen molar-refractivity contribution >= 4 is 5.91 Å². The normalized spacial score (nSPS) is 13.4. The standard InChI is InChI=1S/C18H20F2N2O/c1-18(22-17(23)12-21-2,14-5-9-16(20)10-6-14)11-13-3-7-15(19)8-4-13/h3-10,21H,11-12H2,1-2H3,(H,22,23). The molecule has 23 heavy (non-hydrogen) atoms. The summed E-state index contributed by atoms with van der Waals surface area (Å²) in [5.74, 6) is -0.808. The van der Waals surface area contributed by atoms with Crippen molar-refractivity contribution in [2.75, 3.05) is 13.6 Å². The lowest BCUT2D eigenvalue weighted by Crippen LogP contribution is -2.47. The van der Waals surface area contributed by atoms with Crippen molar-refractivity contribution in [3.05, 3.63) is 71.3 Å². The highest BCUT2D eigenvalue weighted by Crippen LogP contribution is 2.26. The van der Waals surface area contributed by atoms with Crippen molar-refractivity contribution in [1.29, 1.82) is 0 Å². The monoisotopic (exact) mass is 318 g/mol. The molecule has 0 spiro atoms. The van der Waals surface area contributed by atoms with Gasteiger partial charge in [0.25, 0.3) is 0 Å². The van der Waals surface area contributed by atoms with Crippen LogP contribution in [0, 0.1) is 11.6 Å². The number of likely N-dealkylation sites (N-methyl/N-ethyl adjacent to an activating group) is 1. The first-order chi connectivity index (χ1) is 10.9. The Labute approximate surface area is 134 Å². The SMILES string of the molecule is CNCC(=O)NC(C)(Cc1ccc(F)cc1)c1ccc(F)cc1. The van der Waals surface area contributed by atoms with Gasteiger partial charge in [0, 0.05) is 0 Å². The molecule has 0 bridgehead atoms. The molecular weight excluding hydrogens is 298 g/mol. The molecule has 0 heterocycles. The number of rotatable bonds is 6. The number of benzene rings is 2. The van der Waals surface area contributed by atoms with Crippen LogP contribution in [0.4, 0.5) is 8.78 Å². The average Bonchev–Trinajstić information content (AvgIpc) is 2.50. The van der Waals surface area contributed by atoms with E-state index in [0.717, 1.165) is 11.1 Å². The second kappa shape index (κ2) is 7.33. The Kier molecular flexibility index (Phi) is 5.45. The third-order valence-corrected chi connectivity index (χ3v) is 3.70. The molecule has 0 fully saturated rings. The van der Waals surface area contributed by atoms with Gasteiger partial charge in [0.2, 0.25) is 5.91 Å². The maximum Gasteiger partial charge on any atom is 0.234 e. The lowest BCUT2D eigenvalue weighted by molar-refractivity contribution is -0.122. The summed E-state index contributed by atoms with van der Waals surface area (Å²) in [4.78, 5) is 12.0. The van der Waals surface area contributed by atoms with Gasteiger partial charge in [0.15, 0.2) is 0 Å². The van der Waals surface area contributed by atoms with Crippen LogP contribution in [0.15, 0.2) is 48.5 Å². The maximum atomic E-state index is 13.2. The minimum absolute atomic E-state index is 0.165. The predicted octanol–water partition coefficient (Wildman–Crippen LogP) is 2.76. The van der Waals surface area contributed by atoms with Crippen LogP contribution in [-0.2, 0) is 16.8 Å². The molecule has 1 atom stereocenters. The maximum absolute atomic E-state index is 13.2. The second-order valence-corrected chi connectivity index (χ2v) is 5.72. The summed E-state index contributed by atoms with van der Waals surface area (Å²) in [5.41, 5.74) is 0.940. The highest BCUT2D eigenvalue weighted by molar-refractivity contribution is 5.79. The largest absolute Gasteiger partial charge is 0.345 e. The molecule has 2 aromatic carbocycles. The number of nitrogens with one attached hydrogen (secondary N) is 2. The summed E-state index contributed by atoms with van der Waals surface area (Å²) in [6.45, 7) is 2.05. The van der Waals surface area contributed by atoms with Gasteiger partial charge >= 0.3 is 0 Å². The van der Waals surface area contributed by atoms with Gasteiger partial charge in [-0.05, 0) is 55.8 Å². The molecule has 3 nitrogen and oxygen atoms in total. The van der Waals surface area contributed by atoms with Gasteiger partial charge in [-0.1, -0.05) is 24.3 Å². The summed E-state index contributed by atoms with van der Waals surface area (Å²) in [6, 6.07) is 12.2. The van der Waals surface area contributed by atoms with E-state index in [1.165, 1.54) is 24.3 Å². The molecule has 0 saturated heterocycles. The van der Waals surface area contributed by atoms with Crippen molar-refractivity contribution in [1.82, 2.24) is 10.6 Å². The van der Waals surface area contributed by atoms with E-state index in [1.807, 2.05) is 6.92 Å². The lowest BCUT2D eigenvalue weighted by Gasteiger charge is -2.32. The highest BCUT2D eigenvalue weighted by Gasteiger charge is 2.28. The molecule has 0 aliphatic carbocycles. The van der Waals surface area contributed by atoms with Crippen LogP contribution >= 0.6 is 0 Å². The van der Waals surface area contributed by atoms with Crippen LogP contribution in [0.3, 0.4) is 0 Å². The Hall–Kier alpha value is -2.27. The third kappa shape index (κ3) is 4.60. The number of carbonyl (C=O) groups excluding carboxylic acids is 1. The van der Waals surface area contributed by atoms with Crippen molar-refractivity contribution < 1.29 is 13.6 Å². The van der Waals surface area contributed by atoms with Crippen LogP contribution in [0.25, 0.3) is 0 Å². The first-order valence-electron chi connectivity index (χ1n) is 7.39. The number of amides is 1. The Balaban J connectivity index is 2.31. The van der Waals surface area contributed by atoms with Crippen molar-refractivity contribution in [2.24, 2.45) is 0 Å². The summed E-state index contributed by atoms with van der Waals surface area (Å²) in [5, 5.41) is 5.78. The van der Waals surface area contributed by atoms with Gasteiger partial charge in [-0.2, -0.15) is 0 Å². The molecule has 0 aliphatic rings. The van der Waals surface area contributed by atoms with E-state index in [0.29, 0.717) is 6.42 Å². The Bertz CT molecular complexity index is 656. The number of hydrogen-bond donors (Lipinski definition) is 2. The molecule has 1 unspecified atom stereocenters. The molecule has 2 rings (SSSR count). The average molecular weight is 318 g/mol. The topological polar surface area (TPSA) is 41.1 Å². The van der Waals surface area contributed by atoms with Crippen LogP contribution in [-0.4, -0.2) is 19.5 Å². The molecule has 2 N–H and O–H groups in total. The van der Waals surface area contributed by atoms with Crippen molar-refractivity contribution in [3.63, 3.8) is 0 Å². The Morgan fingerprint density at radius 3 is 2.04 bits per heavy atom. The molecular formula is C18H20F2N2O. The highest BCUT2D eigenvalue weighted by atomic mass is 19.1. The van der Waals surface area contributed by atoms with E-state index >= 15 is 0 Å². The quantitative estimate of drug-likeness (QED) is 0.860. The first kappa shape index (κ1) is 17.1. The van der Waals surface area contributed by atoms with E-state index in [-0.39, 0.29) is 24.1 Å². The zero-order valence-electron chi connectivity index (χ0n) is 13.2. The van der Waals surface area contributed by atoms with E-state index in [9.17, 15) is 13.6 Å². The fraction of sp³-hybridized carbons (Fsp3) is 0.278. The van der Waals surface area contributed by atoms with Crippen LogP contribution < -0.4 is 10.6 Å².